The first-order chi connectivity index (χ1) is 7.67. The molecule has 1 aromatic carbocycles. The van der Waals surface area contributed by atoms with Crippen LogP contribution in [0.15, 0.2) is 24.3 Å². The molecule has 0 spiro atoms. The van der Waals surface area contributed by atoms with Gasteiger partial charge in [-0.2, -0.15) is 0 Å². The molecule has 3 heteroatoms. The molecule has 88 valence electrons. The van der Waals surface area contributed by atoms with Crippen LogP contribution in [0.4, 0.5) is 0 Å². The fourth-order valence-electron chi connectivity index (χ4n) is 1.57. The molecule has 1 unspecified atom stereocenters. The van der Waals surface area contributed by atoms with Crippen molar-refractivity contribution >= 4 is 5.97 Å². The maximum absolute atomic E-state index is 11.2. The van der Waals surface area contributed by atoms with Crippen LogP contribution in [0.3, 0.4) is 0 Å². The Morgan fingerprint density at radius 1 is 1.31 bits per heavy atom. The Labute approximate surface area is 96.4 Å². The van der Waals surface area contributed by atoms with E-state index in [1.54, 1.807) is 12.1 Å². The molecule has 1 rings (SSSR count). The Morgan fingerprint density at radius 3 is 2.44 bits per heavy atom. The average Bonchev–Trinajstić information content (AvgIpc) is 2.29. The number of hydrogen-bond acceptors (Lipinski definition) is 3. The number of rotatable bonds is 5. The lowest BCUT2D eigenvalue weighted by atomic mass is 10.1. The molecule has 0 aliphatic carbocycles. The van der Waals surface area contributed by atoms with Crippen LogP contribution in [-0.4, -0.2) is 25.8 Å². The molecule has 0 aromatic heterocycles. The molecule has 0 bridgehead atoms. The van der Waals surface area contributed by atoms with Gasteiger partial charge in [-0.3, -0.25) is 0 Å². The number of benzene rings is 1. The van der Waals surface area contributed by atoms with Gasteiger partial charge in [0.15, 0.2) is 0 Å². The summed E-state index contributed by atoms with van der Waals surface area (Å²) in [5.41, 5.74) is 1.74. The van der Waals surface area contributed by atoms with Crippen LogP contribution in [0.5, 0.6) is 0 Å². The summed E-state index contributed by atoms with van der Waals surface area (Å²) in [4.78, 5) is 11.2. The zero-order valence-corrected chi connectivity index (χ0v) is 10.0. The lowest BCUT2D eigenvalue weighted by molar-refractivity contribution is 0.0600. The molecule has 0 radical (unpaired) electrons. The Bertz CT molecular complexity index is 330. The van der Waals surface area contributed by atoms with Crippen LogP contribution in [0.25, 0.3) is 0 Å². The predicted octanol–water partition coefficient (Wildman–Crippen LogP) is 2.44. The van der Waals surface area contributed by atoms with Crippen molar-refractivity contribution in [1.82, 2.24) is 0 Å². The van der Waals surface area contributed by atoms with E-state index >= 15 is 0 Å². The highest BCUT2D eigenvalue weighted by molar-refractivity contribution is 5.89. The van der Waals surface area contributed by atoms with Crippen molar-refractivity contribution in [1.29, 1.82) is 0 Å². The molecule has 0 N–H and O–H groups in total. The molecule has 0 aliphatic rings. The normalized spacial score (nSPS) is 12.2. The molecular weight excluding hydrogens is 204 g/mol. The maximum atomic E-state index is 11.2. The number of ether oxygens (including phenoxy) is 2. The second-order valence-corrected chi connectivity index (χ2v) is 3.66. The van der Waals surface area contributed by atoms with Crippen LogP contribution >= 0.6 is 0 Å². The molecule has 3 nitrogen and oxygen atoms in total. The van der Waals surface area contributed by atoms with Crippen molar-refractivity contribution in [3.05, 3.63) is 35.4 Å². The number of carbonyl (C=O) groups is 1. The van der Waals surface area contributed by atoms with Gasteiger partial charge in [0, 0.05) is 6.61 Å². The standard InChI is InChI=1S/C13H18O3/c1-4-16-10(2)9-11-5-7-12(8-6-11)13(14)15-3/h5-8,10H,4,9H2,1-3H3. The molecular formula is C13H18O3. The first kappa shape index (κ1) is 12.7. The van der Waals surface area contributed by atoms with E-state index in [2.05, 4.69) is 4.74 Å². The maximum Gasteiger partial charge on any atom is 0.337 e. The molecule has 0 saturated heterocycles. The molecule has 1 aromatic rings. The minimum absolute atomic E-state index is 0.203. The van der Waals surface area contributed by atoms with Crippen molar-refractivity contribution in [2.45, 2.75) is 26.4 Å². The summed E-state index contributed by atoms with van der Waals surface area (Å²) in [5.74, 6) is -0.301. The zero-order chi connectivity index (χ0) is 12.0. The number of esters is 1. The van der Waals surface area contributed by atoms with Crippen LogP contribution < -0.4 is 0 Å². The van der Waals surface area contributed by atoms with Crippen molar-refractivity contribution in [3.63, 3.8) is 0 Å². The molecule has 0 fully saturated rings. The van der Waals surface area contributed by atoms with Gasteiger partial charge in [-0.25, -0.2) is 4.79 Å². The second-order valence-electron chi connectivity index (χ2n) is 3.66. The summed E-state index contributed by atoms with van der Waals surface area (Å²) in [7, 11) is 1.38. The summed E-state index contributed by atoms with van der Waals surface area (Å²) in [5, 5.41) is 0. The number of methoxy groups -OCH3 is 1. The largest absolute Gasteiger partial charge is 0.465 e. The highest BCUT2D eigenvalue weighted by atomic mass is 16.5. The van der Waals surface area contributed by atoms with Gasteiger partial charge in [0.2, 0.25) is 0 Å². The van der Waals surface area contributed by atoms with E-state index in [-0.39, 0.29) is 12.1 Å². The van der Waals surface area contributed by atoms with Crippen molar-refractivity contribution in [3.8, 4) is 0 Å². The van der Waals surface area contributed by atoms with Crippen molar-refractivity contribution in [2.24, 2.45) is 0 Å². The molecule has 0 heterocycles. The van der Waals surface area contributed by atoms with Crippen molar-refractivity contribution < 1.29 is 14.3 Å². The average molecular weight is 222 g/mol. The first-order valence-corrected chi connectivity index (χ1v) is 5.46. The molecule has 0 aliphatic heterocycles. The molecule has 16 heavy (non-hydrogen) atoms. The van der Waals surface area contributed by atoms with E-state index in [1.165, 1.54) is 7.11 Å². The van der Waals surface area contributed by atoms with Crippen molar-refractivity contribution in [2.75, 3.05) is 13.7 Å². The van der Waals surface area contributed by atoms with E-state index < -0.39 is 0 Å². The lowest BCUT2D eigenvalue weighted by Crippen LogP contribution is -2.11. The third-order valence-corrected chi connectivity index (χ3v) is 2.35. The summed E-state index contributed by atoms with van der Waals surface area (Å²) in [6.07, 6.45) is 1.06. The summed E-state index contributed by atoms with van der Waals surface area (Å²) >= 11 is 0. The Kier molecular flexibility index (Phi) is 4.99. The summed E-state index contributed by atoms with van der Waals surface area (Å²) in [6.45, 7) is 4.75. The van der Waals surface area contributed by atoms with Gasteiger partial charge in [-0.05, 0) is 38.0 Å². The van der Waals surface area contributed by atoms with Gasteiger partial charge in [0.1, 0.15) is 0 Å². The zero-order valence-electron chi connectivity index (χ0n) is 10.0. The van der Waals surface area contributed by atoms with E-state index in [0.717, 1.165) is 18.6 Å². The monoisotopic (exact) mass is 222 g/mol. The highest BCUT2D eigenvalue weighted by Gasteiger charge is 2.06. The second kappa shape index (κ2) is 6.28. The minimum atomic E-state index is -0.301. The summed E-state index contributed by atoms with van der Waals surface area (Å²) < 4.78 is 10.1. The van der Waals surface area contributed by atoms with Gasteiger partial charge in [0.25, 0.3) is 0 Å². The van der Waals surface area contributed by atoms with Gasteiger partial charge in [-0.1, -0.05) is 12.1 Å². The Hall–Kier alpha value is -1.35. The fraction of sp³-hybridized carbons (Fsp3) is 0.462. The summed E-state index contributed by atoms with van der Waals surface area (Å²) in [6, 6.07) is 7.42. The van der Waals surface area contributed by atoms with Gasteiger partial charge in [-0.15, -0.1) is 0 Å². The molecule has 1 atom stereocenters. The third kappa shape index (κ3) is 3.66. The lowest BCUT2D eigenvalue weighted by Gasteiger charge is -2.11. The van der Waals surface area contributed by atoms with Crippen LogP contribution in [-0.2, 0) is 15.9 Å². The predicted molar refractivity (Wildman–Crippen MR) is 62.6 cm³/mol. The SMILES string of the molecule is CCOC(C)Cc1ccc(C(=O)OC)cc1. The third-order valence-electron chi connectivity index (χ3n) is 2.35. The molecule has 0 amide bonds. The quantitative estimate of drug-likeness (QED) is 0.718. The van der Waals surface area contributed by atoms with E-state index in [0.29, 0.717) is 5.56 Å². The molecule has 0 saturated carbocycles. The first-order valence-electron chi connectivity index (χ1n) is 5.46. The smallest absolute Gasteiger partial charge is 0.337 e. The highest BCUT2D eigenvalue weighted by Crippen LogP contribution is 2.09. The van der Waals surface area contributed by atoms with Gasteiger partial charge < -0.3 is 9.47 Å². The van der Waals surface area contributed by atoms with Crippen LogP contribution in [0.1, 0.15) is 29.8 Å². The fourth-order valence-corrected chi connectivity index (χ4v) is 1.57. The number of hydrogen-bond donors (Lipinski definition) is 0. The van der Waals surface area contributed by atoms with E-state index in [9.17, 15) is 4.79 Å². The van der Waals surface area contributed by atoms with E-state index in [4.69, 9.17) is 4.74 Å². The Morgan fingerprint density at radius 2 is 1.94 bits per heavy atom. The minimum Gasteiger partial charge on any atom is -0.465 e. The topological polar surface area (TPSA) is 35.5 Å². The van der Waals surface area contributed by atoms with E-state index in [1.807, 2.05) is 26.0 Å². The van der Waals surface area contributed by atoms with Crippen LogP contribution in [0.2, 0.25) is 0 Å². The Balaban J connectivity index is 2.61. The van der Waals surface area contributed by atoms with Gasteiger partial charge in [0.05, 0.1) is 18.8 Å². The number of carbonyl (C=O) groups excluding carboxylic acids is 1. The van der Waals surface area contributed by atoms with Gasteiger partial charge >= 0.3 is 5.97 Å². The van der Waals surface area contributed by atoms with Crippen LogP contribution in [0, 0.1) is 0 Å².